The highest BCUT2D eigenvalue weighted by molar-refractivity contribution is 8.16. The van der Waals surface area contributed by atoms with Crippen LogP contribution in [0.5, 0.6) is 0 Å². The van der Waals surface area contributed by atoms with Gasteiger partial charge in [-0.05, 0) is 36.4 Å². The van der Waals surface area contributed by atoms with E-state index < -0.39 is 21.2 Å². The Kier molecular flexibility index (Phi) is 6.96. The van der Waals surface area contributed by atoms with E-state index in [-0.39, 0.29) is 28.9 Å². The van der Waals surface area contributed by atoms with Gasteiger partial charge >= 0.3 is 0 Å². The molecule has 0 aromatic heterocycles. The van der Waals surface area contributed by atoms with Crippen LogP contribution in [0.25, 0.3) is 0 Å². The van der Waals surface area contributed by atoms with Gasteiger partial charge in [0.1, 0.15) is 5.25 Å². The molecule has 0 radical (unpaired) electrons. The van der Waals surface area contributed by atoms with E-state index in [9.17, 15) is 18.0 Å². The molecule has 0 bridgehead atoms. The van der Waals surface area contributed by atoms with E-state index in [0.717, 1.165) is 11.8 Å². The number of carbonyl (C=O) groups excluding carboxylic acids is 2. The van der Waals surface area contributed by atoms with Crippen LogP contribution in [0, 0.1) is 0 Å². The van der Waals surface area contributed by atoms with Gasteiger partial charge in [-0.3, -0.25) is 14.5 Å². The quantitative estimate of drug-likeness (QED) is 0.633. The van der Waals surface area contributed by atoms with Crippen LogP contribution in [-0.4, -0.2) is 42.1 Å². The second-order valence-electron chi connectivity index (χ2n) is 6.27. The number of benzene rings is 2. The van der Waals surface area contributed by atoms with Crippen LogP contribution in [0.1, 0.15) is 6.42 Å². The van der Waals surface area contributed by atoms with Gasteiger partial charge in [0.25, 0.3) is 10.0 Å². The number of anilines is 1. The van der Waals surface area contributed by atoms with Crippen molar-refractivity contribution in [2.75, 3.05) is 11.9 Å². The van der Waals surface area contributed by atoms with Gasteiger partial charge in [0.2, 0.25) is 11.8 Å². The third-order valence-corrected chi connectivity index (χ3v) is 6.89. The van der Waals surface area contributed by atoms with E-state index in [1.54, 1.807) is 42.5 Å². The number of sulfonamides is 1. The summed E-state index contributed by atoms with van der Waals surface area (Å²) in [4.78, 5) is 26.4. The first-order valence-electron chi connectivity index (χ1n) is 8.84. The molecule has 1 unspecified atom stereocenters. The smallest absolute Gasteiger partial charge is 0.284 e. The molecule has 1 aliphatic rings. The van der Waals surface area contributed by atoms with E-state index in [0.29, 0.717) is 10.7 Å². The van der Waals surface area contributed by atoms with Crippen molar-refractivity contribution in [3.05, 3.63) is 72.3 Å². The Morgan fingerprint density at radius 1 is 1.20 bits per heavy atom. The summed E-state index contributed by atoms with van der Waals surface area (Å²) < 4.78 is 29.0. The lowest BCUT2D eigenvalue weighted by molar-refractivity contribution is -0.127. The summed E-state index contributed by atoms with van der Waals surface area (Å²) in [6.45, 7) is 3.69. The lowest BCUT2D eigenvalue weighted by Crippen LogP contribution is -2.33. The molecule has 0 saturated carbocycles. The Balaban J connectivity index is 1.78. The summed E-state index contributed by atoms with van der Waals surface area (Å²) in [5, 5.41) is 2.46. The molecule has 2 amide bonds. The van der Waals surface area contributed by atoms with Gasteiger partial charge in [-0.25, -0.2) is 0 Å². The maximum Gasteiger partial charge on any atom is 0.284 e. The number of carbonyl (C=O) groups is 2. The van der Waals surface area contributed by atoms with E-state index in [1.165, 1.54) is 23.1 Å². The molecule has 0 spiro atoms. The lowest BCUT2D eigenvalue weighted by Gasteiger charge is -2.13. The van der Waals surface area contributed by atoms with Gasteiger partial charge in [0.15, 0.2) is 5.17 Å². The van der Waals surface area contributed by atoms with E-state index in [4.69, 9.17) is 11.6 Å². The van der Waals surface area contributed by atoms with Crippen LogP contribution >= 0.6 is 23.4 Å². The largest absolute Gasteiger partial charge is 0.326 e. The zero-order chi connectivity index (χ0) is 21.7. The minimum absolute atomic E-state index is 0.0213. The number of thioether (sulfide) groups is 1. The summed E-state index contributed by atoms with van der Waals surface area (Å²) in [5.41, 5.74) is 0.545. The zero-order valence-corrected chi connectivity index (χ0v) is 18.1. The molecule has 1 heterocycles. The lowest BCUT2D eigenvalue weighted by atomic mass is 10.2. The Bertz CT molecular complexity index is 1090. The number of hydrogen-bond acceptors (Lipinski definition) is 5. The predicted octanol–water partition coefficient (Wildman–Crippen LogP) is 3.54. The molecule has 10 heteroatoms. The van der Waals surface area contributed by atoms with Gasteiger partial charge in [-0.15, -0.1) is 11.0 Å². The molecule has 2 aromatic carbocycles. The van der Waals surface area contributed by atoms with Gasteiger partial charge in [-0.1, -0.05) is 47.6 Å². The molecule has 2 aromatic rings. The highest BCUT2D eigenvalue weighted by Gasteiger charge is 2.39. The Morgan fingerprint density at radius 3 is 2.50 bits per heavy atom. The van der Waals surface area contributed by atoms with Crippen molar-refractivity contribution < 1.29 is 18.0 Å². The number of nitrogens with zero attached hydrogens (tertiary/aromatic N) is 2. The second-order valence-corrected chi connectivity index (χ2v) is 9.48. The molecule has 1 N–H and O–H groups in total. The van der Waals surface area contributed by atoms with E-state index in [1.807, 2.05) is 0 Å². The van der Waals surface area contributed by atoms with Crippen molar-refractivity contribution in [2.24, 2.45) is 4.40 Å². The summed E-state index contributed by atoms with van der Waals surface area (Å²) in [6.07, 6.45) is 1.34. The molecule has 0 aliphatic carbocycles. The number of nitrogens with one attached hydrogen (secondary N) is 1. The van der Waals surface area contributed by atoms with Crippen molar-refractivity contribution in [3.63, 3.8) is 0 Å². The molecular weight excluding hydrogens is 446 g/mol. The molecule has 7 nitrogen and oxygen atoms in total. The summed E-state index contributed by atoms with van der Waals surface area (Å²) in [7, 11) is -4.00. The average molecular weight is 464 g/mol. The van der Waals surface area contributed by atoms with Crippen LogP contribution in [-0.2, 0) is 19.6 Å². The number of hydrogen-bond donors (Lipinski definition) is 1. The molecular formula is C20H18ClN3O4S2. The van der Waals surface area contributed by atoms with Crippen molar-refractivity contribution in [1.29, 1.82) is 0 Å². The van der Waals surface area contributed by atoms with E-state index >= 15 is 0 Å². The highest BCUT2D eigenvalue weighted by Crippen LogP contribution is 2.31. The second kappa shape index (κ2) is 9.46. The first-order chi connectivity index (χ1) is 14.3. The Morgan fingerprint density at radius 2 is 1.87 bits per heavy atom. The molecule has 30 heavy (non-hydrogen) atoms. The summed E-state index contributed by atoms with van der Waals surface area (Å²) >= 11 is 6.77. The summed E-state index contributed by atoms with van der Waals surface area (Å²) in [6, 6.07) is 14.3. The molecule has 1 atom stereocenters. The fourth-order valence-electron chi connectivity index (χ4n) is 2.67. The van der Waals surface area contributed by atoms with Gasteiger partial charge < -0.3 is 5.32 Å². The minimum atomic E-state index is -4.00. The average Bonchev–Trinajstić information content (AvgIpc) is 2.99. The Hall–Kier alpha value is -2.62. The predicted molar refractivity (Wildman–Crippen MR) is 119 cm³/mol. The monoisotopic (exact) mass is 463 g/mol. The van der Waals surface area contributed by atoms with Crippen LogP contribution in [0.15, 0.2) is 76.5 Å². The number of amides is 2. The van der Waals surface area contributed by atoms with Crippen molar-refractivity contribution in [2.45, 2.75) is 16.6 Å². The van der Waals surface area contributed by atoms with E-state index in [2.05, 4.69) is 16.3 Å². The minimum Gasteiger partial charge on any atom is -0.326 e. The van der Waals surface area contributed by atoms with Crippen molar-refractivity contribution in [3.8, 4) is 0 Å². The van der Waals surface area contributed by atoms with Crippen molar-refractivity contribution >= 4 is 56.1 Å². The summed E-state index contributed by atoms with van der Waals surface area (Å²) in [5.74, 6) is -0.776. The number of halogens is 1. The number of rotatable bonds is 7. The SMILES string of the molecule is C=CCN1C(=O)C(CC(=O)Nc2ccc(Cl)cc2)S/C1=N\S(=O)(=O)c1ccccc1. The molecule has 1 fully saturated rings. The first-order valence-corrected chi connectivity index (χ1v) is 11.5. The van der Waals surface area contributed by atoms with Gasteiger partial charge in [-0.2, -0.15) is 8.42 Å². The molecule has 3 rings (SSSR count). The maximum atomic E-state index is 12.7. The van der Waals surface area contributed by atoms with Gasteiger partial charge in [0.05, 0.1) is 4.90 Å². The third-order valence-electron chi connectivity index (χ3n) is 4.07. The van der Waals surface area contributed by atoms with Crippen LogP contribution in [0.2, 0.25) is 5.02 Å². The van der Waals surface area contributed by atoms with Gasteiger partial charge in [0, 0.05) is 23.7 Å². The molecule has 156 valence electrons. The maximum absolute atomic E-state index is 12.7. The zero-order valence-electron chi connectivity index (χ0n) is 15.7. The fourth-order valence-corrected chi connectivity index (χ4v) is 5.18. The van der Waals surface area contributed by atoms with Crippen LogP contribution in [0.3, 0.4) is 0 Å². The first kappa shape index (κ1) is 22.1. The third kappa shape index (κ3) is 5.29. The molecule has 1 aliphatic heterocycles. The normalized spacial score (nSPS) is 17.9. The highest BCUT2D eigenvalue weighted by atomic mass is 35.5. The topological polar surface area (TPSA) is 95.9 Å². The van der Waals surface area contributed by atoms with Crippen molar-refractivity contribution in [1.82, 2.24) is 4.90 Å². The Labute approximate surface area is 183 Å². The van der Waals surface area contributed by atoms with Crippen LogP contribution < -0.4 is 5.32 Å². The van der Waals surface area contributed by atoms with Crippen LogP contribution in [0.4, 0.5) is 5.69 Å². The molecule has 1 saturated heterocycles. The standard InChI is InChI=1S/C20H18ClN3O4S2/c1-2-12-24-19(26)17(13-18(25)22-15-10-8-14(21)9-11-15)29-20(24)23-30(27,28)16-6-4-3-5-7-16/h2-11,17H,1,12-13H2,(H,22,25)/b23-20-. The fraction of sp³-hybridized carbons (Fsp3) is 0.150. The number of amidine groups is 1.